The summed E-state index contributed by atoms with van der Waals surface area (Å²) in [6, 6.07) is 9.16. The summed E-state index contributed by atoms with van der Waals surface area (Å²) in [5.41, 5.74) is 1.98. The molecule has 0 radical (unpaired) electrons. The first-order valence-electron chi connectivity index (χ1n) is 11.7. The second-order valence-electron chi connectivity index (χ2n) is 8.91. The van der Waals surface area contributed by atoms with Crippen molar-refractivity contribution < 1.29 is 4.79 Å². The SMILES string of the molecule is CCNC(=NCc1cccc(NC(=O)C2CCCC2)c1)NC1CCN(C(C)C)CC1.I. The topological polar surface area (TPSA) is 68.8 Å². The van der Waals surface area contributed by atoms with E-state index in [-0.39, 0.29) is 35.8 Å². The molecule has 1 amide bonds. The molecule has 31 heavy (non-hydrogen) atoms. The number of carbonyl (C=O) groups excluding carboxylic acids is 1. The number of nitrogens with one attached hydrogen (secondary N) is 3. The quantitative estimate of drug-likeness (QED) is 0.273. The van der Waals surface area contributed by atoms with Gasteiger partial charge >= 0.3 is 0 Å². The lowest BCUT2D eigenvalue weighted by molar-refractivity contribution is -0.119. The van der Waals surface area contributed by atoms with E-state index in [1.807, 2.05) is 18.2 Å². The van der Waals surface area contributed by atoms with Crippen molar-refractivity contribution in [1.82, 2.24) is 15.5 Å². The third-order valence-electron chi connectivity index (χ3n) is 6.29. The van der Waals surface area contributed by atoms with Crippen molar-refractivity contribution in [3.8, 4) is 0 Å². The van der Waals surface area contributed by atoms with Gasteiger partial charge in [-0.15, -0.1) is 24.0 Å². The van der Waals surface area contributed by atoms with Crippen molar-refractivity contribution in [2.45, 2.75) is 77.9 Å². The van der Waals surface area contributed by atoms with Crippen LogP contribution >= 0.6 is 24.0 Å². The van der Waals surface area contributed by atoms with Crippen LogP contribution in [-0.2, 0) is 11.3 Å². The van der Waals surface area contributed by atoms with E-state index in [0.29, 0.717) is 18.6 Å². The van der Waals surface area contributed by atoms with Crippen molar-refractivity contribution in [2.75, 3.05) is 25.0 Å². The Kier molecular flexibility index (Phi) is 11.1. The van der Waals surface area contributed by atoms with Crippen LogP contribution in [0.15, 0.2) is 29.3 Å². The first-order valence-corrected chi connectivity index (χ1v) is 11.7. The van der Waals surface area contributed by atoms with Gasteiger partial charge in [0.2, 0.25) is 5.91 Å². The van der Waals surface area contributed by atoms with Gasteiger partial charge in [0, 0.05) is 43.3 Å². The largest absolute Gasteiger partial charge is 0.357 e. The molecule has 1 aliphatic heterocycles. The molecule has 1 saturated heterocycles. The lowest BCUT2D eigenvalue weighted by atomic mass is 10.0. The minimum atomic E-state index is 0. The Morgan fingerprint density at radius 3 is 2.52 bits per heavy atom. The number of halogens is 1. The van der Waals surface area contributed by atoms with Gasteiger partial charge in [-0.3, -0.25) is 4.79 Å². The molecule has 1 aromatic carbocycles. The van der Waals surface area contributed by atoms with Crippen molar-refractivity contribution in [2.24, 2.45) is 10.9 Å². The molecule has 0 unspecified atom stereocenters. The van der Waals surface area contributed by atoms with Gasteiger partial charge in [0.05, 0.1) is 6.54 Å². The molecule has 7 heteroatoms. The van der Waals surface area contributed by atoms with Crippen LogP contribution in [0.4, 0.5) is 5.69 Å². The van der Waals surface area contributed by atoms with Crippen LogP contribution in [0.3, 0.4) is 0 Å². The monoisotopic (exact) mass is 541 g/mol. The second-order valence-corrected chi connectivity index (χ2v) is 8.91. The molecule has 2 aliphatic rings. The zero-order valence-electron chi connectivity index (χ0n) is 19.3. The Labute approximate surface area is 205 Å². The Hall–Kier alpha value is -1.35. The highest BCUT2D eigenvalue weighted by Crippen LogP contribution is 2.26. The molecule has 1 aliphatic carbocycles. The number of piperidine rings is 1. The van der Waals surface area contributed by atoms with E-state index in [2.05, 4.69) is 47.7 Å². The standard InChI is InChI=1S/C24H39N5O.HI/c1-4-25-24(28-21-12-14-29(15-13-21)18(2)3)26-17-19-8-7-11-22(16-19)27-23(30)20-9-5-6-10-20;/h7-8,11,16,18,20-21H,4-6,9-10,12-15,17H2,1-3H3,(H,27,30)(H2,25,26,28);1H. The summed E-state index contributed by atoms with van der Waals surface area (Å²) >= 11 is 0. The molecule has 0 bridgehead atoms. The number of carbonyl (C=O) groups is 1. The van der Waals surface area contributed by atoms with Crippen LogP contribution < -0.4 is 16.0 Å². The predicted molar refractivity (Wildman–Crippen MR) is 140 cm³/mol. The van der Waals surface area contributed by atoms with Gasteiger partial charge in [0.25, 0.3) is 0 Å². The van der Waals surface area contributed by atoms with Crippen molar-refractivity contribution in [3.05, 3.63) is 29.8 Å². The Morgan fingerprint density at radius 2 is 1.87 bits per heavy atom. The molecule has 1 heterocycles. The molecule has 6 nitrogen and oxygen atoms in total. The zero-order chi connectivity index (χ0) is 21.3. The molecule has 0 atom stereocenters. The van der Waals surface area contributed by atoms with E-state index < -0.39 is 0 Å². The van der Waals surface area contributed by atoms with Crippen molar-refractivity contribution in [1.29, 1.82) is 0 Å². The lowest BCUT2D eigenvalue weighted by Crippen LogP contribution is -2.49. The van der Waals surface area contributed by atoms with Gasteiger partial charge in [0.15, 0.2) is 5.96 Å². The van der Waals surface area contributed by atoms with Gasteiger partial charge in [-0.25, -0.2) is 4.99 Å². The number of rotatable bonds is 7. The minimum Gasteiger partial charge on any atom is -0.357 e. The number of amides is 1. The number of likely N-dealkylation sites (tertiary alicyclic amines) is 1. The maximum Gasteiger partial charge on any atom is 0.227 e. The number of guanidine groups is 1. The van der Waals surface area contributed by atoms with E-state index >= 15 is 0 Å². The Balaban J connectivity index is 0.00000341. The fourth-order valence-electron chi connectivity index (χ4n) is 4.42. The predicted octanol–water partition coefficient (Wildman–Crippen LogP) is 4.36. The highest BCUT2D eigenvalue weighted by atomic mass is 127. The number of benzene rings is 1. The summed E-state index contributed by atoms with van der Waals surface area (Å²) in [5.74, 6) is 1.22. The first kappa shape index (κ1) is 25.9. The molecule has 1 aromatic rings. The van der Waals surface area contributed by atoms with Crippen LogP contribution in [0.25, 0.3) is 0 Å². The molecule has 1 saturated carbocycles. The maximum absolute atomic E-state index is 12.4. The summed E-state index contributed by atoms with van der Waals surface area (Å²) in [6.45, 7) is 10.3. The molecule has 174 valence electrons. The van der Waals surface area contributed by atoms with Gasteiger partial charge in [-0.1, -0.05) is 25.0 Å². The lowest BCUT2D eigenvalue weighted by Gasteiger charge is -2.35. The normalized spacial score (nSPS) is 18.6. The summed E-state index contributed by atoms with van der Waals surface area (Å²) in [7, 11) is 0. The Bertz CT molecular complexity index is 710. The van der Waals surface area contributed by atoms with E-state index in [4.69, 9.17) is 4.99 Å². The van der Waals surface area contributed by atoms with Crippen LogP contribution in [-0.4, -0.2) is 48.5 Å². The van der Waals surface area contributed by atoms with E-state index in [1.54, 1.807) is 0 Å². The molecular formula is C24H40IN5O. The summed E-state index contributed by atoms with van der Waals surface area (Å²) in [5, 5.41) is 10.1. The Morgan fingerprint density at radius 1 is 1.16 bits per heavy atom. The second kappa shape index (κ2) is 13.3. The molecule has 0 aromatic heterocycles. The third kappa shape index (κ3) is 8.25. The average Bonchev–Trinajstić information content (AvgIpc) is 3.28. The average molecular weight is 542 g/mol. The molecule has 0 spiro atoms. The van der Waals surface area contributed by atoms with Crippen molar-refractivity contribution in [3.63, 3.8) is 0 Å². The van der Waals surface area contributed by atoms with Gasteiger partial charge < -0.3 is 20.9 Å². The molecule has 3 N–H and O–H groups in total. The molecule has 2 fully saturated rings. The summed E-state index contributed by atoms with van der Waals surface area (Å²) in [4.78, 5) is 19.7. The number of hydrogen-bond acceptors (Lipinski definition) is 3. The van der Waals surface area contributed by atoms with Crippen LogP contribution in [0.1, 0.15) is 64.9 Å². The fraction of sp³-hybridized carbons (Fsp3) is 0.667. The van der Waals surface area contributed by atoms with Gasteiger partial charge in [-0.05, 0) is 64.2 Å². The fourth-order valence-corrected chi connectivity index (χ4v) is 4.42. The van der Waals surface area contributed by atoms with Crippen LogP contribution in [0.2, 0.25) is 0 Å². The molecular weight excluding hydrogens is 501 g/mol. The van der Waals surface area contributed by atoms with Gasteiger partial charge in [-0.2, -0.15) is 0 Å². The van der Waals surface area contributed by atoms with E-state index in [1.165, 1.54) is 12.8 Å². The maximum atomic E-state index is 12.4. The molecule has 3 rings (SSSR count). The highest BCUT2D eigenvalue weighted by Gasteiger charge is 2.23. The number of aliphatic imine (C=N–C) groups is 1. The van der Waals surface area contributed by atoms with Crippen LogP contribution in [0.5, 0.6) is 0 Å². The number of hydrogen-bond donors (Lipinski definition) is 3. The summed E-state index contributed by atoms with van der Waals surface area (Å²) < 4.78 is 0. The first-order chi connectivity index (χ1) is 14.5. The summed E-state index contributed by atoms with van der Waals surface area (Å²) in [6.07, 6.45) is 6.66. The minimum absolute atomic E-state index is 0. The van der Waals surface area contributed by atoms with E-state index in [0.717, 1.165) is 62.5 Å². The number of anilines is 1. The highest BCUT2D eigenvalue weighted by molar-refractivity contribution is 14.0. The van der Waals surface area contributed by atoms with Crippen LogP contribution in [0, 0.1) is 5.92 Å². The third-order valence-corrected chi connectivity index (χ3v) is 6.29. The van der Waals surface area contributed by atoms with Gasteiger partial charge in [0.1, 0.15) is 0 Å². The van der Waals surface area contributed by atoms with Crippen molar-refractivity contribution >= 4 is 41.5 Å². The number of nitrogens with zero attached hydrogens (tertiary/aromatic N) is 2. The van der Waals surface area contributed by atoms with E-state index in [9.17, 15) is 4.79 Å². The zero-order valence-corrected chi connectivity index (χ0v) is 21.7. The smallest absolute Gasteiger partial charge is 0.227 e.